The zero-order valence-electron chi connectivity index (χ0n) is 9.09. The molecule has 0 atom stereocenters. The summed E-state index contributed by atoms with van der Waals surface area (Å²) in [7, 11) is 1.62. The van der Waals surface area contributed by atoms with Crippen LogP contribution in [0.2, 0.25) is 0 Å². The van der Waals surface area contributed by atoms with Gasteiger partial charge >= 0.3 is 0 Å². The lowest BCUT2D eigenvalue weighted by atomic mass is 10.3. The number of hydrogen-bond donors (Lipinski definition) is 1. The lowest BCUT2D eigenvalue weighted by Gasteiger charge is -1.97. The van der Waals surface area contributed by atoms with Gasteiger partial charge in [-0.1, -0.05) is 13.8 Å². The number of aryl methyl sites for hydroxylation is 1. The average Bonchev–Trinajstić information content (AvgIpc) is 2.63. The standard InChI is InChI=1S/C9H10N2O.C2H6/c1-6-5-10-7-3-4-8(12-2)11-9(6)7;1-2/h3-5,10H,1-2H3;1-2H3. The van der Waals surface area contributed by atoms with Crippen LogP contribution in [-0.4, -0.2) is 17.1 Å². The summed E-state index contributed by atoms with van der Waals surface area (Å²) in [5, 5.41) is 0. The molecule has 0 aliphatic heterocycles. The van der Waals surface area contributed by atoms with E-state index in [1.54, 1.807) is 7.11 Å². The fourth-order valence-electron chi connectivity index (χ4n) is 1.23. The molecule has 0 aliphatic carbocycles. The van der Waals surface area contributed by atoms with Crippen LogP contribution in [-0.2, 0) is 0 Å². The van der Waals surface area contributed by atoms with Crippen LogP contribution in [0.5, 0.6) is 5.88 Å². The first-order valence-electron chi connectivity index (χ1n) is 4.80. The fourth-order valence-corrected chi connectivity index (χ4v) is 1.23. The molecule has 3 nitrogen and oxygen atoms in total. The van der Waals surface area contributed by atoms with Gasteiger partial charge in [-0.15, -0.1) is 0 Å². The van der Waals surface area contributed by atoms with Gasteiger partial charge < -0.3 is 9.72 Å². The van der Waals surface area contributed by atoms with E-state index in [1.807, 2.05) is 39.1 Å². The highest BCUT2D eigenvalue weighted by molar-refractivity contribution is 5.78. The largest absolute Gasteiger partial charge is 0.481 e. The van der Waals surface area contributed by atoms with Gasteiger partial charge in [0.2, 0.25) is 5.88 Å². The normalized spacial score (nSPS) is 9.43. The Hall–Kier alpha value is -1.51. The molecular formula is C11H16N2O. The second kappa shape index (κ2) is 4.65. The number of nitrogens with one attached hydrogen (secondary N) is 1. The summed E-state index contributed by atoms with van der Waals surface area (Å²) < 4.78 is 5.02. The molecule has 0 saturated carbocycles. The van der Waals surface area contributed by atoms with Crippen molar-refractivity contribution in [2.75, 3.05) is 7.11 Å². The van der Waals surface area contributed by atoms with Crippen molar-refractivity contribution in [1.29, 1.82) is 0 Å². The van der Waals surface area contributed by atoms with Gasteiger partial charge in [0.05, 0.1) is 18.1 Å². The molecule has 0 saturated heterocycles. The van der Waals surface area contributed by atoms with Gasteiger partial charge in [-0.05, 0) is 18.6 Å². The summed E-state index contributed by atoms with van der Waals surface area (Å²) >= 11 is 0. The van der Waals surface area contributed by atoms with E-state index in [1.165, 1.54) is 0 Å². The molecule has 76 valence electrons. The highest BCUT2D eigenvalue weighted by atomic mass is 16.5. The van der Waals surface area contributed by atoms with Crippen LogP contribution in [0.1, 0.15) is 19.4 Å². The number of fused-ring (bicyclic) bond motifs is 1. The van der Waals surface area contributed by atoms with E-state index in [4.69, 9.17) is 4.74 Å². The smallest absolute Gasteiger partial charge is 0.213 e. The number of ether oxygens (including phenoxy) is 1. The van der Waals surface area contributed by atoms with E-state index in [9.17, 15) is 0 Å². The molecule has 0 aliphatic rings. The van der Waals surface area contributed by atoms with Crippen molar-refractivity contribution in [3.63, 3.8) is 0 Å². The van der Waals surface area contributed by atoms with Gasteiger partial charge in [-0.2, -0.15) is 0 Å². The first-order valence-corrected chi connectivity index (χ1v) is 4.80. The maximum Gasteiger partial charge on any atom is 0.213 e. The first-order chi connectivity index (χ1) is 6.81. The lowest BCUT2D eigenvalue weighted by molar-refractivity contribution is 0.399. The Kier molecular flexibility index (Phi) is 3.51. The Balaban J connectivity index is 0.000000461. The molecular weight excluding hydrogens is 176 g/mol. The maximum atomic E-state index is 5.02. The Labute approximate surface area is 84.1 Å². The highest BCUT2D eigenvalue weighted by Crippen LogP contribution is 2.18. The summed E-state index contributed by atoms with van der Waals surface area (Å²) in [4.78, 5) is 7.42. The molecule has 3 heteroatoms. The summed E-state index contributed by atoms with van der Waals surface area (Å²) in [6.45, 7) is 6.02. The van der Waals surface area contributed by atoms with Crippen molar-refractivity contribution in [3.8, 4) is 5.88 Å². The van der Waals surface area contributed by atoms with Crippen LogP contribution in [0.3, 0.4) is 0 Å². The summed E-state index contributed by atoms with van der Waals surface area (Å²) in [6, 6.07) is 3.81. The van der Waals surface area contributed by atoms with Crippen molar-refractivity contribution in [1.82, 2.24) is 9.97 Å². The van der Waals surface area contributed by atoms with Gasteiger partial charge in [-0.3, -0.25) is 0 Å². The molecule has 14 heavy (non-hydrogen) atoms. The first kappa shape index (κ1) is 10.6. The Morgan fingerprint density at radius 1 is 1.29 bits per heavy atom. The Morgan fingerprint density at radius 3 is 2.64 bits per heavy atom. The third kappa shape index (κ3) is 1.87. The van der Waals surface area contributed by atoms with E-state index < -0.39 is 0 Å². The molecule has 0 fully saturated rings. The number of hydrogen-bond acceptors (Lipinski definition) is 2. The predicted octanol–water partition coefficient (Wildman–Crippen LogP) is 2.91. The van der Waals surface area contributed by atoms with Crippen molar-refractivity contribution >= 4 is 11.0 Å². The Morgan fingerprint density at radius 2 is 2.00 bits per heavy atom. The maximum absolute atomic E-state index is 5.02. The second-order valence-electron chi connectivity index (χ2n) is 2.72. The van der Waals surface area contributed by atoms with E-state index in [-0.39, 0.29) is 0 Å². The predicted molar refractivity (Wildman–Crippen MR) is 58.7 cm³/mol. The monoisotopic (exact) mass is 192 g/mol. The number of aromatic amines is 1. The van der Waals surface area contributed by atoms with Gasteiger partial charge in [0.1, 0.15) is 0 Å². The van der Waals surface area contributed by atoms with Crippen LogP contribution in [0, 0.1) is 6.92 Å². The van der Waals surface area contributed by atoms with E-state index in [2.05, 4.69) is 9.97 Å². The number of H-pyrrole nitrogens is 1. The molecule has 0 bridgehead atoms. The van der Waals surface area contributed by atoms with Crippen LogP contribution in [0.15, 0.2) is 18.3 Å². The van der Waals surface area contributed by atoms with E-state index in [0.29, 0.717) is 5.88 Å². The molecule has 2 rings (SSSR count). The van der Waals surface area contributed by atoms with Gasteiger partial charge in [-0.25, -0.2) is 4.98 Å². The van der Waals surface area contributed by atoms with E-state index >= 15 is 0 Å². The summed E-state index contributed by atoms with van der Waals surface area (Å²) in [5.41, 5.74) is 3.17. The molecule has 1 N–H and O–H groups in total. The second-order valence-corrected chi connectivity index (χ2v) is 2.72. The highest BCUT2D eigenvalue weighted by Gasteiger charge is 2.01. The fraction of sp³-hybridized carbons (Fsp3) is 0.364. The van der Waals surface area contributed by atoms with Crippen molar-refractivity contribution < 1.29 is 4.74 Å². The number of methoxy groups -OCH3 is 1. The summed E-state index contributed by atoms with van der Waals surface area (Å²) in [5.74, 6) is 0.658. The Bertz CT molecular complexity index is 407. The van der Waals surface area contributed by atoms with Crippen LogP contribution in [0.4, 0.5) is 0 Å². The average molecular weight is 192 g/mol. The minimum Gasteiger partial charge on any atom is -0.481 e. The third-order valence-electron chi connectivity index (χ3n) is 1.90. The lowest BCUT2D eigenvalue weighted by Crippen LogP contribution is -1.86. The third-order valence-corrected chi connectivity index (χ3v) is 1.90. The molecule has 0 aromatic carbocycles. The molecule has 0 amide bonds. The molecule has 2 aromatic heterocycles. The number of aromatic nitrogens is 2. The quantitative estimate of drug-likeness (QED) is 0.754. The van der Waals surface area contributed by atoms with Crippen LogP contribution >= 0.6 is 0 Å². The van der Waals surface area contributed by atoms with Gasteiger partial charge in [0.25, 0.3) is 0 Å². The number of nitrogens with zero attached hydrogens (tertiary/aromatic N) is 1. The number of pyridine rings is 1. The summed E-state index contributed by atoms with van der Waals surface area (Å²) in [6.07, 6.45) is 1.94. The zero-order chi connectivity index (χ0) is 10.6. The minimum absolute atomic E-state index is 0.658. The van der Waals surface area contributed by atoms with Gasteiger partial charge in [0.15, 0.2) is 0 Å². The van der Waals surface area contributed by atoms with Crippen molar-refractivity contribution in [2.24, 2.45) is 0 Å². The SMILES string of the molecule is CC.COc1ccc2[nH]cc(C)c2n1. The molecule has 0 spiro atoms. The van der Waals surface area contributed by atoms with Crippen molar-refractivity contribution in [2.45, 2.75) is 20.8 Å². The molecule has 0 unspecified atom stereocenters. The molecule has 2 aromatic rings. The molecule has 0 radical (unpaired) electrons. The van der Waals surface area contributed by atoms with Crippen molar-refractivity contribution in [3.05, 3.63) is 23.9 Å². The van der Waals surface area contributed by atoms with Gasteiger partial charge in [0, 0.05) is 12.3 Å². The zero-order valence-corrected chi connectivity index (χ0v) is 9.09. The molecule has 2 heterocycles. The van der Waals surface area contributed by atoms with Crippen LogP contribution < -0.4 is 4.74 Å². The topological polar surface area (TPSA) is 37.9 Å². The van der Waals surface area contributed by atoms with Crippen LogP contribution in [0.25, 0.3) is 11.0 Å². The number of rotatable bonds is 1. The minimum atomic E-state index is 0.658. The van der Waals surface area contributed by atoms with E-state index in [0.717, 1.165) is 16.6 Å².